The quantitative estimate of drug-likeness (QED) is 0.615. The van der Waals surface area contributed by atoms with Gasteiger partial charge in [-0.15, -0.1) is 0 Å². The fourth-order valence-corrected chi connectivity index (χ4v) is 2.90. The van der Waals surface area contributed by atoms with E-state index in [1.54, 1.807) is 11.1 Å². The number of hydrogen-bond donors (Lipinski definition) is 3. The molecule has 1 aromatic rings. The van der Waals surface area contributed by atoms with E-state index in [1.165, 1.54) is 0 Å². The highest BCUT2D eigenvalue weighted by molar-refractivity contribution is 5.74. The molecule has 0 bridgehead atoms. The Hall–Kier alpha value is -1.68. The summed E-state index contributed by atoms with van der Waals surface area (Å²) in [5, 5.41) is 16.5. The van der Waals surface area contributed by atoms with Crippen molar-refractivity contribution in [3.05, 3.63) is 18.2 Å². The molecule has 0 aromatic carbocycles. The Labute approximate surface area is 140 Å². The molecule has 3 heterocycles. The summed E-state index contributed by atoms with van der Waals surface area (Å²) in [6, 6.07) is -0.314. The molecule has 9 heteroatoms. The van der Waals surface area contributed by atoms with Gasteiger partial charge in [0.05, 0.1) is 38.5 Å². The van der Waals surface area contributed by atoms with Gasteiger partial charge in [-0.2, -0.15) is 0 Å². The van der Waals surface area contributed by atoms with Crippen molar-refractivity contribution < 1.29 is 19.4 Å². The molecular formula is C15H25N5O4. The zero-order valence-corrected chi connectivity index (χ0v) is 13.9. The van der Waals surface area contributed by atoms with E-state index in [2.05, 4.69) is 15.6 Å². The second kappa shape index (κ2) is 7.93. The fraction of sp³-hybridized carbons (Fsp3) is 0.733. The van der Waals surface area contributed by atoms with Crippen LogP contribution in [0, 0.1) is 0 Å². The number of rotatable bonds is 5. The molecule has 1 aromatic heterocycles. The molecular weight excluding hydrogens is 314 g/mol. The number of carbonyl (C=O) groups is 1. The van der Waals surface area contributed by atoms with Gasteiger partial charge in [-0.1, -0.05) is 0 Å². The summed E-state index contributed by atoms with van der Waals surface area (Å²) in [5.74, 6) is 0.895. The molecule has 3 N–H and O–H groups in total. The van der Waals surface area contributed by atoms with Gasteiger partial charge in [-0.25, -0.2) is 9.78 Å². The van der Waals surface area contributed by atoms with E-state index in [4.69, 9.17) is 9.47 Å². The third-order valence-electron chi connectivity index (χ3n) is 4.48. The fourth-order valence-electron chi connectivity index (χ4n) is 2.90. The summed E-state index contributed by atoms with van der Waals surface area (Å²) in [6.45, 7) is 3.56. The van der Waals surface area contributed by atoms with E-state index in [-0.39, 0.29) is 18.6 Å². The minimum absolute atomic E-state index is 0.140. The van der Waals surface area contributed by atoms with Crippen molar-refractivity contribution in [3.63, 3.8) is 0 Å². The van der Waals surface area contributed by atoms with Crippen LogP contribution in [0.3, 0.4) is 0 Å². The van der Waals surface area contributed by atoms with Crippen LogP contribution in [0.1, 0.15) is 5.82 Å². The summed E-state index contributed by atoms with van der Waals surface area (Å²) in [6.07, 6.45) is 2.54. The lowest BCUT2D eigenvalue weighted by Crippen LogP contribution is -2.50. The minimum Gasteiger partial charge on any atom is -0.389 e. The van der Waals surface area contributed by atoms with E-state index in [0.29, 0.717) is 39.5 Å². The van der Waals surface area contributed by atoms with Crippen molar-refractivity contribution >= 4 is 6.03 Å². The smallest absolute Gasteiger partial charge is 0.317 e. The highest BCUT2D eigenvalue weighted by Crippen LogP contribution is 2.14. The monoisotopic (exact) mass is 339 g/mol. The number of urea groups is 1. The van der Waals surface area contributed by atoms with Crippen molar-refractivity contribution in [3.8, 4) is 0 Å². The highest BCUT2D eigenvalue weighted by atomic mass is 16.5. The number of morpholine rings is 1. The molecule has 9 nitrogen and oxygen atoms in total. The number of nitrogens with one attached hydrogen (secondary N) is 2. The van der Waals surface area contributed by atoms with Crippen molar-refractivity contribution in [2.24, 2.45) is 7.05 Å². The lowest BCUT2D eigenvalue weighted by atomic mass is 10.1. The van der Waals surface area contributed by atoms with Crippen molar-refractivity contribution in [1.29, 1.82) is 0 Å². The predicted octanol–water partition coefficient (Wildman–Crippen LogP) is -1.32. The molecule has 0 radical (unpaired) electrons. The van der Waals surface area contributed by atoms with E-state index in [1.807, 2.05) is 17.8 Å². The molecule has 2 amide bonds. The van der Waals surface area contributed by atoms with Crippen molar-refractivity contribution in [2.75, 3.05) is 39.5 Å². The predicted molar refractivity (Wildman–Crippen MR) is 85.4 cm³/mol. The topological polar surface area (TPSA) is 101 Å². The summed E-state index contributed by atoms with van der Waals surface area (Å²) in [5.41, 5.74) is 0. The number of hydrogen-bond acceptors (Lipinski definition) is 6. The molecule has 3 atom stereocenters. The first-order valence-electron chi connectivity index (χ1n) is 8.25. The van der Waals surface area contributed by atoms with Crippen LogP contribution in [-0.2, 0) is 23.1 Å². The van der Waals surface area contributed by atoms with Gasteiger partial charge in [-0.3, -0.25) is 0 Å². The van der Waals surface area contributed by atoms with Crippen LogP contribution in [0.4, 0.5) is 4.79 Å². The summed E-state index contributed by atoms with van der Waals surface area (Å²) in [4.78, 5) is 18.0. The number of aliphatic hydroxyl groups excluding tert-OH is 1. The molecule has 0 spiro atoms. The normalized spacial score (nSPS) is 27.4. The molecule has 3 rings (SSSR count). The number of carbonyl (C=O) groups excluding carboxylic acids is 1. The summed E-state index contributed by atoms with van der Waals surface area (Å²) < 4.78 is 12.8. The second-order valence-electron chi connectivity index (χ2n) is 6.09. The molecule has 3 unspecified atom stereocenters. The van der Waals surface area contributed by atoms with Gasteiger partial charge < -0.3 is 34.7 Å². The Bertz CT molecular complexity index is 546. The largest absolute Gasteiger partial charge is 0.389 e. The maximum Gasteiger partial charge on any atom is 0.317 e. The van der Waals surface area contributed by atoms with Gasteiger partial charge in [0.2, 0.25) is 0 Å². The standard InChI is InChI=1S/C15H25N5O4/c1-19-3-2-16-13(19)9-17-11-10-24-12(14(11)21)8-18-15(22)20-4-6-23-7-5-20/h2-3,11-12,14,17,21H,4-10H2,1H3,(H,18,22). The van der Waals surface area contributed by atoms with Gasteiger partial charge in [0.1, 0.15) is 11.9 Å². The molecule has 0 saturated carbocycles. The van der Waals surface area contributed by atoms with Crippen molar-refractivity contribution in [1.82, 2.24) is 25.1 Å². The Balaban J connectivity index is 1.41. The highest BCUT2D eigenvalue weighted by Gasteiger charge is 2.36. The summed E-state index contributed by atoms with van der Waals surface area (Å²) >= 11 is 0. The SMILES string of the molecule is Cn1ccnc1CNC1COC(CNC(=O)N2CCOCC2)C1O. The average Bonchev–Trinajstić information content (AvgIpc) is 3.17. The van der Waals surface area contributed by atoms with Crippen molar-refractivity contribution in [2.45, 2.75) is 24.8 Å². The molecule has 134 valence electrons. The van der Waals surface area contributed by atoms with Gasteiger partial charge >= 0.3 is 6.03 Å². The first kappa shape index (κ1) is 17.2. The van der Waals surface area contributed by atoms with Crippen LogP contribution in [0.2, 0.25) is 0 Å². The number of imidazole rings is 1. The maximum absolute atomic E-state index is 12.1. The number of aliphatic hydroxyl groups is 1. The minimum atomic E-state index is -0.671. The lowest BCUT2D eigenvalue weighted by molar-refractivity contribution is 0.0359. The van der Waals surface area contributed by atoms with Gasteiger partial charge in [0.15, 0.2) is 0 Å². The van der Waals surface area contributed by atoms with E-state index in [0.717, 1.165) is 5.82 Å². The first-order chi connectivity index (χ1) is 11.6. The van der Waals surface area contributed by atoms with Gasteiger partial charge in [0, 0.05) is 39.1 Å². The number of ether oxygens (including phenoxy) is 2. The Morgan fingerprint density at radius 1 is 1.46 bits per heavy atom. The molecule has 0 aliphatic carbocycles. The van der Waals surface area contributed by atoms with E-state index in [9.17, 15) is 9.90 Å². The second-order valence-corrected chi connectivity index (χ2v) is 6.09. The van der Waals surface area contributed by atoms with Crippen LogP contribution in [0.25, 0.3) is 0 Å². The number of amides is 2. The van der Waals surface area contributed by atoms with Crippen LogP contribution in [-0.4, -0.2) is 83.3 Å². The van der Waals surface area contributed by atoms with E-state index < -0.39 is 12.2 Å². The molecule has 2 fully saturated rings. The van der Waals surface area contributed by atoms with Gasteiger partial charge in [0.25, 0.3) is 0 Å². The molecule has 24 heavy (non-hydrogen) atoms. The first-order valence-corrected chi connectivity index (χ1v) is 8.25. The van der Waals surface area contributed by atoms with Crippen LogP contribution in [0.5, 0.6) is 0 Å². The Morgan fingerprint density at radius 2 is 2.25 bits per heavy atom. The Morgan fingerprint density at radius 3 is 2.96 bits per heavy atom. The maximum atomic E-state index is 12.1. The van der Waals surface area contributed by atoms with Crippen LogP contribution < -0.4 is 10.6 Å². The van der Waals surface area contributed by atoms with Gasteiger partial charge in [-0.05, 0) is 0 Å². The average molecular weight is 339 g/mol. The molecule has 2 aliphatic rings. The van der Waals surface area contributed by atoms with Crippen LogP contribution >= 0.6 is 0 Å². The number of aromatic nitrogens is 2. The lowest BCUT2D eigenvalue weighted by Gasteiger charge is -2.27. The zero-order chi connectivity index (χ0) is 16.9. The molecule has 2 saturated heterocycles. The number of nitrogens with zero attached hydrogens (tertiary/aromatic N) is 3. The Kier molecular flexibility index (Phi) is 5.67. The van der Waals surface area contributed by atoms with E-state index >= 15 is 0 Å². The third-order valence-corrected chi connectivity index (χ3v) is 4.48. The molecule has 2 aliphatic heterocycles. The summed E-state index contributed by atoms with van der Waals surface area (Å²) in [7, 11) is 1.93. The third kappa shape index (κ3) is 4.04. The number of aryl methyl sites for hydroxylation is 1. The zero-order valence-electron chi connectivity index (χ0n) is 13.9. The van der Waals surface area contributed by atoms with Crippen LogP contribution in [0.15, 0.2) is 12.4 Å².